The Morgan fingerprint density at radius 1 is 1.14 bits per heavy atom. The lowest BCUT2D eigenvalue weighted by Crippen LogP contribution is -2.23. The number of rotatable bonds is 2. The van der Waals surface area contributed by atoms with Crippen molar-refractivity contribution in [2.24, 2.45) is 4.99 Å². The first-order valence-electron chi connectivity index (χ1n) is 6.48. The molecule has 0 aromatic heterocycles. The molecule has 1 aliphatic rings. The molecular weight excluding hydrogens is 271 g/mol. The zero-order valence-electron chi connectivity index (χ0n) is 11.2. The number of aliphatic imine (C=N–C) groups is 1. The first-order valence-corrected chi connectivity index (χ1v) is 6.48. The molecule has 0 unspecified atom stereocenters. The average molecular weight is 284 g/mol. The van der Waals surface area contributed by atoms with Gasteiger partial charge >= 0.3 is 5.97 Å². The second-order valence-corrected chi connectivity index (χ2v) is 4.74. The predicted octanol–water partition coefficient (Wildman–Crippen LogP) is 2.42. The summed E-state index contributed by atoms with van der Waals surface area (Å²) in [5.74, 6) is -0.728. The molecule has 106 valence electrons. The van der Waals surface area contributed by atoms with Crippen LogP contribution in [0.1, 0.15) is 5.56 Å². The van der Waals surface area contributed by atoms with E-state index in [0.29, 0.717) is 22.5 Å². The fraction of sp³-hybridized carbons (Fsp3) is 0.125. The molecule has 5 heteroatoms. The Balaban J connectivity index is 1.95. The van der Waals surface area contributed by atoms with E-state index in [1.54, 1.807) is 36.4 Å². The Morgan fingerprint density at radius 2 is 2.00 bits per heavy atom. The number of hydrogen-bond acceptors (Lipinski definition) is 4. The molecule has 0 radical (unpaired) electrons. The van der Waals surface area contributed by atoms with Crippen LogP contribution in [0.25, 0.3) is 11.1 Å². The van der Waals surface area contributed by atoms with Gasteiger partial charge in [0.15, 0.2) is 0 Å². The highest BCUT2D eigenvalue weighted by atomic mass is 19.1. The zero-order valence-corrected chi connectivity index (χ0v) is 11.2. The number of nitrogen functional groups attached to an aromatic ring is 1. The number of nitrogens with two attached hydrogens (primary N) is 1. The predicted molar refractivity (Wildman–Crippen MR) is 78.6 cm³/mol. The molecule has 21 heavy (non-hydrogen) atoms. The van der Waals surface area contributed by atoms with Crippen molar-refractivity contribution in [3.63, 3.8) is 0 Å². The molecule has 0 spiro atoms. The zero-order chi connectivity index (χ0) is 14.8. The van der Waals surface area contributed by atoms with Crippen LogP contribution in [0.3, 0.4) is 0 Å². The summed E-state index contributed by atoms with van der Waals surface area (Å²) in [4.78, 5) is 15.1. The molecule has 0 fully saturated rings. The Bertz CT molecular complexity index is 741. The highest BCUT2D eigenvalue weighted by Crippen LogP contribution is 2.25. The molecule has 0 bridgehead atoms. The standard InChI is InChI=1S/C16H13FN2O2/c17-14-7-11(15-9-21-16(20)8-19-15)4-5-13(14)10-2-1-3-12(18)6-10/h1-7H,8-9,18H2. The van der Waals surface area contributed by atoms with Gasteiger partial charge in [0, 0.05) is 16.8 Å². The third-order valence-corrected chi connectivity index (χ3v) is 3.27. The lowest BCUT2D eigenvalue weighted by Gasteiger charge is -2.13. The fourth-order valence-electron chi connectivity index (χ4n) is 2.21. The van der Waals surface area contributed by atoms with Crippen LogP contribution in [0.2, 0.25) is 0 Å². The second-order valence-electron chi connectivity index (χ2n) is 4.74. The van der Waals surface area contributed by atoms with E-state index in [-0.39, 0.29) is 24.9 Å². The number of carbonyl (C=O) groups is 1. The molecule has 1 aliphatic heterocycles. The number of benzene rings is 2. The molecule has 1 heterocycles. The lowest BCUT2D eigenvalue weighted by atomic mass is 10.0. The number of nitrogens with zero attached hydrogens (tertiary/aromatic N) is 1. The normalized spacial score (nSPS) is 14.5. The van der Waals surface area contributed by atoms with E-state index in [1.807, 2.05) is 0 Å². The van der Waals surface area contributed by atoms with E-state index in [0.717, 1.165) is 5.56 Å². The van der Waals surface area contributed by atoms with Crippen molar-refractivity contribution in [2.75, 3.05) is 18.9 Å². The van der Waals surface area contributed by atoms with E-state index < -0.39 is 0 Å². The van der Waals surface area contributed by atoms with Crippen LogP contribution in [-0.4, -0.2) is 24.8 Å². The number of cyclic esters (lactones) is 1. The van der Waals surface area contributed by atoms with Crippen molar-refractivity contribution in [3.8, 4) is 11.1 Å². The van der Waals surface area contributed by atoms with Crippen LogP contribution < -0.4 is 5.73 Å². The van der Waals surface area contributed by atoms with Crippen molar-refractivity contribution in [3.05, 3.63) is 53.8 Å². The SMILES string of the molecule is Nc1cccc(-c2ccc(C3=NCC(=O)OC3)cc2F)c1. The van der Waals surface area contributed by atoms with Crippen LogP contribution in [0.5, 0.6) is 0 Å². The summed E-state index contributed by atoms with van der Waals surface area (Å²) >= 11 is 0. The van der Waals surface area contributed by atoms with E-state index in [9.17, 15) is 9.18 Å². The van der Waals surface area contributed by atoms with Crippen LogP contribution >= 0.6 is 0 Å². The number of anilines is 1. The molecule has 0 atom stereocenters. The van der Waals surface area contributed by atoms with Crippen LogP contribution in [0.15, 0.2) is 47.5 Å². The summed E-state index contributed by atoms with van der Waals surface area (Å²) in [7, 11) is 0. The minimum Gasteiger partial charge on any atom is -0.458 e. The van der Waals surface area contributed by atoms with Gasteiger partial charge in [-0.1, -0.05) is 24.3 Å². The third kappa shape index (κ3) is 2.76. The van der Waals surface area contributed by atoms with Crippen LogP contribution in [0.4, 0.5) is 10.1 Å². The van der Waals surface area contributed by atoms with E-state index in [4.69, 9.17) is 10.5 Å². The van der Waals surface area contributed by atoms with E-state index >= 15 is 0 Å². The van der Waals surface area contributed by atoms with Crippen molar-refractivity contribution in [1.29, 1.82) is 0 Å². The summed E-state index contributed by atoms with van der Waals surface area (Å²) in [6.45, 7) is 0.0594. The maximum atomic E-state index is 14.3. The van der Waals surface area contributed by atoms with Crippen LogP contribution in [0, 0.1) is 5.82 Å². The van der Waals surface area contributed by atoms with Gasteiger partial charge in [-0.25, -0.2) is 4.39 Å². The number of ether oxygens (including phenoxy) is 1. The number of esters is 1. The van der Waals surface area contributed by atoms with Gasteiger partial charge in [0.1, 0.15) is 19.0 Å². The summed E-state index contributed by atoms with van der Waals surface area (Å²) in [5.41, 5.74) is 8.68. The molecule has 2 N–H and O–H groups in total. The Morgan fingerprint density at radius 3 is 2.67 bits per heavy atom. The van der Waals surface area contributed by atoms with Gasteiger partial charge < -0.3 is 10.5 Å². The monoisotopic (exact) mass is 284 g/mol. The van der Waals surface area contributed by atoms with E-state index in [2.05, 4.69) is 4.99 Å². The molecule has 0 saturated heterocycles. The number of hydrogen-bond donors (Lipinski definition) is 1. The molecule has 3 rings (SSSR count). The van der Waals surface area contributed by atoms with Crippen molar-refractivity contribution < 1.29 is 13.9 Å². The smallest absolute Gasteiger partial charge is 0.328 e. The number of carbonyl (C=O) groups excluding carboxylic acids is 1. The molecule has 4 nitrogen and oxygen atoms in total. The molecular formula is C16H13FN2O2. The van der Waals surface area contributed by atoms with E-state index in [1.165, 1.54) is 6.07 Å². The quantitative estimate of drug-likeness (QED) is 0.680. The van der Waals surface area contributed by atoms with Gasteiger partial charge in [0.2, 0.25) is 0 Å². The van der Waals surface area contributed by atoms with Gasteiger partial charge in [-0.05, 0) is 23.8 Å². The third-order valence-electron chi connectivity index (χ3n) is 3.27. The van der Waals surface area contributed by atoms with Crippen molar-refractivity contribution in [1.82, 2.24) is 0 Å². The molecule has 2 aromatic carbocycles. The van der Waals surface area contributed by atoms with Crippen LogP contribution in [-0.2, 0) is 9.53 Å². The average Bonchev–Trinajstić information content (AvgIpc) is 2.48. The minimum absolute atomic E-state index is 0.0199. The minimum atomic E-state index is -0.365. The largest absolute Gasteiger partial charge is 0.458 e. The topological polar surface area (TPSA) is 64.7 Å². The Labute approximate surface area is 121 Å². The van der Waals surface area contributed by atoms with Gasteiger partial charge in [0.25, 0.3) is 0 Å². The lowest BCUT2D eigenvalue weighted by molar-refractivity contribution is -0.140. The highest BCUT2D eigenvalue weighted by molar-refractivity contribution is 6.04. The maximum Gasteiger partial charge on any atom is 0.328 e. The summed E-state index contributed by atoms with van der Waals surface area (Å²) < 4.78 is 19.2. The molecule has 0 aliphatic carbocycles. The highest BCUT2D eigenvalue weighted by Gasteiger charge is 2.16. The molecule has 0 saturated carbocycles. The van der Waals surface area contributed by atoms with Gasteiger partial charge in [0.05, 0.1) is 5.71 Å². The Kier molecular flexibility index (Phi) is 3.39. The molecule has 2 aromatic rings. The maximum absolute atomic E-state index is 14.3. The number of halogens is 1. The molecule has 0 amide bonds. The van der Waals surface area contributed by atoms with Gasteiger partial charge in [-0.2, -0.15) is 0 Å². The summed E-state index contributed by atoms with van der Waals surface area (Å²) in [5, 5.41) is 0. The summed E-state index contributed by atoms with van der Waals surface area (Å²) in [6.07, 6.45) is 0. The fourth-order valence-corrected chi connectivity index (χ4v) is 2.21. The van der Waals surface area contributed by atoms with Crippen molar-refractivity contribution in [2.45, 2.75) is 0 Å². The van der Waals surface area contributed by atoms with Gasteiger partial charge in [-0.3, -0.25) is 9.79 Å². The Hall–Kier alpha value is -2.69. The first-order chi connectivity index (χ1) is 10.1. The first kappa shape index (κ1) is 13.3. The second kappa shape index (κ2) is 5.36. The van der Waals surface area contributed by atoms with Crippen molar-refractivity contribution >= 4 is 17.4 Å². The summed E-state index contributed by atoms with van der Waals surface area (Å²) in [6, 6.07) is 11.9. The van der Waals surface area contributed by atoms with Gasteiger partial charge in [-0.15, -0.1) is 0 Å².